The SMILES string of the molecule is CC(C)NC(=O)NC(CCBr)C1CC1. The van der Waals surface area contributed by atoms with Crippen molar-refractivity contribution in [2.75, 3.05) is 5.33 Å². The predicted molar refractivity (Wildman–Crippen MR) is 61.7 cm³/mol. The number of urea groups is 1. The third kappa shape index (κ3) is 4.31. The molecule has 0 radical (unpaired) electrons. The van der Waals surface area contributed by atoms with Crippen molar-refractivity contribution in [1.29, 1.82) is 0 Å². The minimum atomic E-state index is -0.0298. The molecule has 1 rings (SSSR count). The minimum Gasteiger partial charge on any atom is -0.336 e. The van der Waals surface area contributed by atoms with Gasteiger partial charge in [0.25, 0.3) is 0 Å². The number of hydrogen-bond acceptors (Lipinski definition) is 1. The van der Waals surface area contributed by atoms with Gasteiger partial charge in [0.05, 0.1) is 0 Å². The second kappa shape index (κ2) is 5.59. The molecule has 0 aromatic carbocycles. The van der Waals surface area contributed by atoms with Gasteiger partial charge in [-0.25, -0.2) is 4.79 Å². The lowest BCUT2D eigenvalue weighted by Gasteiger charge is -2.18. The summed E-state index contributed by atoms with van der Waals surface area (Å²) in [6, 6.07) is 0.532. The van der Waals surface area contributed by atoms with E-state index in [-0.39, 0.29) is 12.1 Å². The second-order valence-corrected chi connectivity index (χ2v) is 4.99. The van der Waals surface area contributed by atoms with E-state index in [1.165, 1.54) is 12.8 Å². The molecule has 1 atom stereocenters. The molecule has 0 spiro atoms. The lowest BCUT2D eigenvalue weighted by atomic mass is 10.1. The van der Waals surface area contributed by atoms with Crippen LogP contribution in [0.4, 0.5) is 4.79 Å². The van der Waals surface area contributed by atoms with Gasteiger partial charge >= 0.3 is 6.03 Å². The van der Waals surface area contributed by atoms with Crippen molar-refractivity contribution in [2.24, 2.45) is 5.92 Å². The second-order valence-electron chi connectivity index (χ2n) is 4.19. The topological polar surface area (TPSA) is 41.1 Å². The van der Waals surface area contributed by atoms with Crippen molar-refractivity contribution in [1.82, 2.24) is 10.6 Å². The molecule has 2 N–H and O–H groups in total. The molecule has 2 amide bonds. The first kappa shape index (κ1) is 11.8. The zero-order chi connectivity index (χ0) is 10.6. The third-order valence-electron chi connectivity index (χ3n) is 2.35. The molecule has 0 aromatic rings. The average molecular weight is 263 g/mol. The Bertz CT molecular complexity index is 193. The van der Waals surface area contributed by atoms with Gasteiger partial charge in [0.1, 0.15) is 0 Å². The lowest BCUT2D eigenvalue weighted by molar-refractivity contribution is 0.232. The Morgan fingerprint density at radius 1 is 1.43 bits per heavy atom. The quantitative estimate of drug-likeness (QED) is 0.734. The Labute approximate surface area is 94.1 Å². The number of carbonyl (C=O) groups excluding carboxylic acids is 1. The van der Waals surface area contributed by atoms with E-state index in [4.69, 9.17) is 0 Å². The Kier molecular flexibility index (Phi) is 4.72. The molecule has 82 valence electrons. The van der Waals surface area contributed by atoms with E-state index in [0.29, 0.717) is 12.0 Å². The summed E-state index contributed by atoms with van der Waals surface area (Å²) in [6.45, 7) is 3.94. The van der Waals surface area contributed by atoms with Crippen molar-refractivity contribution in [3.63, 3.8) is 0 Å². The van der Waals surface area contributed by atoms with Gasteiger partial charge in [-0.2, -0.15) is 0 Å². The Hall–Kier alpha value is -0.250. The first-order valence-corrected chi connectivity index (χ1v) is 6.38. The van der Waals surface area contributed by atoms with Gasteiger partial charge < -0.3 is 10.6 Å². The molecule has 0 aromatic heterocycles. The molecule has 0 aliphatic heterocycles. The molecule has 4 heteroatoms. The van der Waals surface area contributed by atoms with Gasteiger partial charge in [0.2, 0.25) is 0 Å². The first-order valence-electron chi connectivity index (χ1n) is 5.26. The zero-order valence-corrected chi connectivity index (χ0v) is 10.4. The highest BCUT2D eigenvalue weighted by atomic mass is 79.9. The molecular weight excluding hydrogens is 244 g/mol. The van der Waals surface area contributed by atoms with Crippen LogP contribution in [0.5, 0.6) is 0 Å². The normalized spacial score (nSPS) is 18.0. The van der Waals surface area contributed by atoms with E-state index in [9.17, 15) is 4.79 Å². The van der Waals surface area contributed by atoms with Crippen LogP contribution < -0.4 is 10.6 Å². The fourth-order valence-corrected chi connectivity index (χ4v) is 2.01. The molecule has 0 bridgehead atoms. The summed E-state index contributed by atoms with van der Waals surface area (Å²) in [5, 5.41) is 6.83. The summed E-state index contributed by atoms with van der Waals surface area (Å²) < 4.78 is 0. The van der Waals surface area contributed by atoms with E-state index in [2.05, 4.69) is 26.6 Å². The zero-order valence-electron chi connectivity index (χ0n) is 8.85. The third-order valence-corrected chi connectivity index (χ3v) is 2.81. The van der Waals surface area contributed by atoms with Gasteiger partial charge in [-0.15, -0.1) is 0 Å². The molecule has 1 aliphatic rings. The summed E-state index contributed by atoms with van der Waals surface area (Å²) in [6.07, 6.45) is 3.55. The molecule has 0 heterocycles. The van der Waals surface area contributed by atoms with E-state index < -0.39 is 0 Å². The number of carbonyl (C=O) groups is 1. The van der Waals surface area contributed by atoms with Crippen LogP contribution in [0.25, 0.3) is 0 Å². The van der Waals surface area contributed by atoms with Crippen LogP contribution in [0.15, 0.2) is 0 Å². The van der Waals surface area contributed by atoms with Gasteiger partial charge in [-0.05, 0) is 39.0 Å². The van der Waals surface area contributed by atoms with Crippen molar-refractivity contribution in [3.8, 4) is 0 Å². The molecule has 14 heavy (non-hydrogen) atoms. The monoisotopic (exact) mass is 262 g/mol. The van der Waals surface area contributed by atoms with Crippen LogP contribution in [-0.4, -0.2) is 23.4 Å². The van der Waals surface area contributed by atoms with Gasteiger partial charge in [-0.1, -0.05) is 15.9 Å². The maximum Gasteiger partial charge on any atom is 0.315 e. The van der Waals surface area contributed by atoms with Crippen molar-refractivity contribution >= 4 is 22.0 Å². The molecule has 0 saturated heterocycles. The number of nitrogens with one attached hydrogen (secondary N) is 2. The first-order chi connectivity index (χ1) is 6.63. The highest BCUT2D eigenvalue weighted by Crippen LogP contribution is 2.34. The fourth-order valence-electron chi connectivity index (χ4n) is 1.51. The largest absolute Gasteiger partial charge is 0.336 e. The Morgan fingerprint density at radius 2 is 2.07 bits per heavy atom. The molecule has 1 unspecified atom stereocenters. The highest BCUT2D eigenvalue weighted by Gasteiger charge is 2.31. The van der Waals surface area contributed by atoms with Crippen LogP contribution >= 0.6 is 15.9 Å². The fraction of sp³-hybridized carbons (Fsp3) is 0.900. The van der Waals surface area contributed by atoms with Gasteiger partial charge in [-0.3, -0.25) is 0 Å². The minimum absolute atomic E-state index is 0.0298. The molecular formula is C10H19BrN2O. The smallest absolute Gasteiger partial charge is 0.315 e. The average Bonchev–Trinajstić information content (AvgIpc) is 2.83. The van der Waals surface area contributed by atoms with Crippen molar-refractivity contribution < 1.29 is 4.79 Å². The van der Waals surface area contributed by atoms with E-state index in [0.717, 1.165) is 11.8 Å². The number of alkyl halides is 1. The van der Waals surface area contributed by atoms with Gasteiger partial charge in [0, 0.05) is 17.4 Å². The van der Waals surface area contributed by atoms with Crippen molar-refractivity contribution in [3.05, 3.63) is 0 Å². The Morgan fingerprint density at radius 3 is 2.50 bits per heavy atom. The standard InChI is InChI=1S/C10H19BrN2O/c1-7(2)12-10(14)13-9(5-6-11)8-3-4-8/h7-9H,3-6H2,1-2H3,(H2,12,13,14). The molecule has 3 nitrogen and oxygen atoms in total. The maximum atomic E-state index is 11.4. The number of halogens is 1. The summed E-state index contributed by atoms with van der Waals surface area (Å²) >= 11 is 3.42. The van der Waals surface area contributed by atoms with Crippen LogP contribution in [0.2, 0.25) is 0 Å². The van der Waals surface area contributed by atoms with E-state index in [1.807, 2.05) is 13.8 Å². The van der Waals surface area contributed by atoms with Crippen LogP contribution in [-0.2, 0) is 0 Å². The number of amides is 2. The summed E-state index contributed by atoms with van der Waals surface area (Å²) in [5.74, 6) is 0.713. The number of hydrogen-bond donors (Lipinski definition) is 2. The van der Waals surface area contributed by atoms with Crippen LogP contribution in [0.3, 0.4) is 0 Å². The summed E-state index contributed by atoms with van der Waals surface area (Å²) in [5.41, 5.74) is 0. The maximum absolute atomic E-state index is 11.4. The van der Waals surface area contributed by atoms with Crippen LogP contribution in [0, 0.1) is 5.92 Å². The Balaban J connectivity index is 2.27. The van der Waals surface area contributed by atoms with E-state index >= 15 is 0 Å². The van der Waals surface area contributed by atoms with E-state index in [1.54, 1.807) is 0 Å². The highest BCUT2D eigenvalue weighted by molar-refractivity contribution is 9.09. The number of rotatable bonds is 5. The summed E-state index contributed by atoms with van der Waals surface area (Å²) in [4.78, 5) is 11.4. The summed E-state index contributed by atoms with van der Waals surface area (Å²) in [7, 11) is 0. The van der Waals surface area contributed by atoms with Crippen LogP contribution in [0.1, 0.15) is 33.1 Å². The molecule has 1 aliphatic carbocycles. The molecule has 1 fully saturated rings. The molecule has 1 saturated carbocycles. The predicted octanol–water partition coefficient (Wildman–Crippen LogP) is 2.26. The van der Waals surface area contributed by atoms with Gasteiger partial charge in [0.15, 0.2) is 0 Å². The lowest BCUT2D eigenvalue weighted by Crippen LogP contribution is -2.45. The van der Waals surface area contributed by atoms with Crippen molar-refractivity contribution in [2.45, 2.75) is 45.2 Å².